The molecule has 0 spiro atoms. The molecule has 0 saturated heterocycles. The van der Waals surface area contributed by atoms with Gasteiger partial charge < -0.3 is 10.2 Å². The Kier molecular flexibility index (Phi) is 6.52. The summed E-state index contributed by atoms with van der Waals surface area (Å²) in [6.45, 7) is 0. The quantitative estimate of drug-likeness (QED) is 0.340. The van der Waals surface area contributed by atoms with Crippen LogP contribution in [0.3, 0.4) is 0 Å². The number of benzene rings is 2. The van der Waals surface area contributed by atoms with E-state index in [2.05, 4.69) is 0 Å². The summed E-state index contributed by atoms with van der Waals surface area (Å²) in [6, 6.07) is 1.78. The van der Waals surface area contributed by atoms with Crippen molar-refractivity contribution < 1.29 is 53.4 Å². The minimum absolute atomic E-state index is 0.161. The highest BCUT2D eigenvalue weighted by molar-refractivity contribution is 7.92. The maximum absolute atomic E-state index is 14.3. The Morgan fingerprint density at radius 3 is 1.21 bits per heavy atom. The van der Waals surface area contributed by atoms with E-state index >= 15 is 0 Å². The van der Waals surface area contributed by atoms with Gasteiger partial charge >= 0.3 is 12.4 Å². The molecule has 2 aromatic rings. The van der Waals surface area contributed by atoms with Gasteiger partial charge in [0.2, 0.25) is 25.5 Å². The second-order valence-electron chi connectivity index (χ2n) is 6.96. The van der Waals surface area contributed by atoms with Crippen molar-refractivity contribution in [1.82, 2.24) is 0 Å². The molecule has 2 rings (SSSR count). The molecule has 0 amide bonds. The van der Waals surface area contributed by atoms with Crippen molar-refractivity contribution in [2.24, 2.45) is 0 Å². The standard InChI is InChI=1S/C17H16F6N2O6S2/c1-32(28,29)24-11-7-9(3-5-13(11)26)15(16(18,19)20,17(21,22)23)10-4-6-14(27)12(8-10)25-33(2,30)31/h3-8,24-27H,1-2H3. The van der Waals surface area contributed by atoms with Crippen LogP contribution in [0.1, 0.15) is 11.1 Å². The number of sulfonamides is 2. The summed E-state index contributed by atoms with van der Waals surface area (Å²) in [5, 5.41) is 19.5. The highest BCUT2D eigenvalue weighted by Crippen LogP contribution is 2.57. The fourth-order valence-electron chi connectivity index (χ4n) is 3.08. The van der Waals surface area contributed by atoms with Crippen molar-refractivity contribution in [2.75, 3.05) is 22.0 Å². The molecule has 16 heteroatoms. The van der Waals surface area contributed by atoms with Crippen LogP contribution in [0.4, 0.5) is 37.7 Å². The number of hydrogen-bond acceptors (Lipinski definition) is 6. The summed E-state index contributed by atoms with van der Waals surface area (Å²) in [4.78, 5) is 0. The van der Waals surface area contributed by atoms with Gasteiger partial charge in [-0.3, -0.25) is 9.44 Å². The van der Waals surface area contributed by atoms with E-state index in [9.17, 15) is 53.4 Å². The number of aromatic hydroxyl groups is 2. The van der Waals surface area contributed by atoms with Gasteiger partial charge in [0.15, 0.2) is 0 Å². The molecule has 0 heterocycles. The molecule has 4 N–H and O–H groups in total. The minimum Gasteiger partial charge on any atom is -0.506 e. The lowest BCUT2D eigenvalue weighted by atomic mass is 9.72. The van der Waals surface area contributed by atoms with Gasteiger partial charge in [0, 0.05) is 0 Å². The average Bonchev–Trinajstić information content (AvgIpc) is 2.56. The van der Waals surface area contributed by atoms with Gasteiger partial charge in [-0.05, 0) is 35.4 Å². The second-order valence-corrected chi connectivity index (χ2v) is 10.5. The van der Waals surface area contributed by atoms with Gasteiger partial charge in [-0.25, -0.2) is 16.8 Å². The predicted octanol–water partition coefficient (Wildman–Crippen LogP) is 3.25. The Hall–Kier alpha value is -2.88. The van der Waals surface area contributed by atoms with Crippen molar-refractivity contribution in [3.8, 4) is 11.5 Å². The number of alkyl halides is 6. The Labute approximate surface area is 184 Å². The van der Waals surface area contributed by atoms with Crippen molar-refractivity contribution in [3.63, 3.8) is 0 Å². The van der Waals surface area contributed by atoms with Crippen LogP contribution in [-0.2, 0) is 25.5 Å². The van der Waals surface area contributed by atoms with Crippen molar-refractivity contribution >= 4 is 31.4 Å². The predicted molar refractivity (Wildman–Crippen MR) is 106 cm³/mol. The first-order valence-electron chi connectivity index (χ1n) is 8.45. The first-order valence-corrected chi connectivity index (χ1v) is 12.2. The molecule has 0 radical (unpaired) electrons. The van der Waals surface area contributed by atoms with E-state index in [4.69, 9.17) is 0 Å². The molecule has 2 aromatic carbocycles. The highest BCUT2D eigenvalue weighted by Gasteiger charge is 2.72. The Morgan fingerprint density at radius 1 is 0.667 bits per heavy atom. The van der Waals surface area contributed by atoms with Crippen LogP contribution in [0.15, 0.2) is 36.4 Å². The van der Waals surface area contributed by atoms with Crippen LogP contribution in [0.25, 0.3) is 0 Å². The first kappa shape index (κ1) is 26.4. The maximum atomic E-state index is 14.3. The third kappa shape index (κ3) is 5.38. The molecule has 33 heavy (non-hydrogen) atoms. The Balaban J connectivity index is 2.98. The molecule has 0 atom stereocenters. The van der Waals surface area contributed by atoms with E-state index < -0.39 is 71.8 Å². The number of rotatable bonds is 6. The highest BCUT2D eigenvalue weighted by atomic mass is 32.2. The van der Waals surface area contributed by atoms with Gasteiger partial charge in [-0.15, -0.1) is 0 Å². The summed E-state index contributed by atoms with van der Waals surface area (Å²) in [5.74, 6) is -1.90. The van der Waals surface area contributed by atoms with Crippen molar-refractivity contribution in [3.05, 3.63) is 47.5 Å². The van der Waals surface area contributed by atoms with E-state index in [0.717, 1.165) is 0 Å². The normalized spacial score (nSPS) is 13.6. The van der Waals surface area contributed by atoms with E-state index in [1.165, 1.54) is 0 Å². The Bertz CT molecular complexity index is 1170. The number of nitrogens with one attached hydrogen (secondary N) is 2. The summed E-state index contributed by atoms with van der Waals surface area (Å²) in [6.07, 6.45) is -11.1. The van der Waals surface area contributed by atoms with Crippen LogP contribution < -0.4 is 9.44 Å². The topological polar surface area (TPSA) is 133 Å². The van der Waals surface area contributed by atoms with E-state index in [1.807, 2.05) is 0 Å². The molecule has 0 aliphatic heterocycles. The molecule has 0 unspecified atom stereocenters. The molecule has 0 aliphatic rings. The monoisotopic (exact) mass is 522 g/mol. The van der Waals surface area contributed by atoms with Crippen LogP contribution in [-0.4, -0.2) is 51.9 Å². The van der Waals surface area contributed by atoms with Crippen LogP contribution in [0.5, 0.6) is 11.5 Å². The summed E-state index contributed by atoms with van der Waals surface area (Å²) < 4.78 is 135. The molecule has 0 saturated carbocycles. The molecule has 0 fully saturated rings. The number of hydrogen-bond donors (Lipinski definition) is 4. The lowest BCUT2D eigenvalue weighted by Gasteiger charge is -2.38. The van der Waals surface area contributed by atoms with Crippen molar-refractivity contribution in [1.29, 1.82) is 0 Å². The first-order chi connectivity index (χ1) is 14.7. The lowest BCUT2D eigenvalue weighted by molar-refractivity contribution is -0.288. The average molecular weight is 522 g/mol. The Morgan fingerprint density at radius 2 is 0.970 bits per heavy atom. The van der Waals surface area contributed by atoms with Crippen LogP contribution in [0, 0.1) is 0 Å². The van der Waals surface area contributed by atoms with Crippen LogP contribution in [0.2, 0.25) is 0 Å². The summed E-state index contributed by atoms with van der Waals surface area (Å²) in [5.41, 5.74) is -9.81. The third-order valence-electron chi connectivity index (χ3n) is 4.30. The lowest BCUT2D eigenvalue weighted by Crippen LogP contribution is -2.54. The largest absolute Gasteiger partial charge is 0.506 e. The zero-order valence-corrected chi connectivity index (χ0v) is 18.2. The SMILES string of the molecule is CS(=O)(=O)Nc1cc(C(c2ccc(O)c(NS(C)(=O)=O)c2)(C(F)(F)F)C(F)(F)F)ccc1O. The fraction of sp³-hybridized carbons (Fsp3) is 0.294. The number of anilines is 2. The fourth-order valence-corrected chi connectivity index (χ4v) is 4.21. The molecule has 8 nitrogen and oxygen atoms in total. The van der Waals surface area contributed by atoms with Gasteiger partial charge in [0.05, 0.1) is 23.9 Å². The molecule has 0 bridgehead atoms. The van der Waals surface area contributed by atoms with Gasteiger partial charge in [-0.2, -0.15) is 26.3 Å². The van der Waals surface area contributed by atoms with Crippen LogP contribution >= 0.6 is 0 Å². The maximum Gasteiger partial charge on any atom is 0.411 e. The smallest absolute Gasteiger partial charge is 0.411 e. The number of halogens is 6. The molecular weight excluding hydrogens is 506 g/mol. The third-order valence-corrected chi connectivity index (χ3v) is 5.48. The zero-order chi connectivity index (χ0) is 25.6. The second kappa shape index (κ2) is 8.16. The van der Waals surface area contributed by atoms with Gasteiger partial charge in [-0.1, -0.05) is 12.1 Å². The minimum atomic E-state index is -6.11. The van der Waals surface area contributed by atoms with E-state index in [-0.39, 0.29) is 12.1 Å². The molecule has 0 aromatic heterocycles. The van der Waals surface area contributed by atoms with E-state index in [0.29, 0.717) is 36.8 Å². The van der Waals surface area contributed by atoms with Gasteiger partial charge in [0.1, 0.15) is 11.5 Å². The number of phenols is 2. The summed E-state index contributed by atoms with van der Waals surface area (Å²) in [7, 11) is -8.42. The van der Waals surface area contributed by atoms with Gasteiger partial charge in [0.25, 0.3) is 0 Å². The summed E-state index contributed by atoms with van der Waals surface area (Å²) >= 11 is 0. The molecule has 0 aliphatic carbocycles. The van der Waals surface area contributed by atoms with E-state index in [1.54, 1.807) is 9.44 Å². The van der Waals surface area contributed by atoms with Crippen molar-refractivity contribution in [2.45, 2.75) is 17.8 Å². The number of phenolic OH excluding ortho intramolecular Hbond substituents is 2. The zero-order valence-electron chi connectivity index (χ0n) is 16.6. The molecule has 184 valence electrons. The molecular formula is C17H16F6N2O6S2.